The first kappa shape index (κ1) is 21.4. The van der Waals surface area contributed by atoms with E-state index in [1.165, 1.54) is 17.7 Å². The minimum absolute atomic E-state index is 0.0591. The predicted octanol–water partition coefficient (Wildman–Crippen LogP) is 4.77. The molecule has 1 aliphatic carbocycles. The van der Waals surface area contributed by atoms with Crippen LogP contribution in [0.1, 0.15) is 43.2 Å². The highest BCUT2D eigenvalue weighted by atomic mass is 32.2. The highest BCUT2D eigenvalue weighted by molar-refractivity contribution is 8.14. The Morgan fingerprint density at radius 1 is 1.06 bits per heavy atom. The van der Waals surface area contributed by atoms with Crippen LogP contribution in [-0.4, -0.2) is 33.8 Å². The summed E-state index contributed by atoms with van der Waals surface area (Å²) < 4.78 is 6.04. The number of anilines is 1. The van der Waals surface area contributed by atoms with Gasteiger partial charge in [-0.15, -0.1) is 0 Å². The maximum atomic E-state index is 12.4. The lowest BCUT2D eigenvalue weighted by Crippen LogP contribution is -2.27. The van der Waals surface area contributed by atoms with Gasteiger partial charge in [-0.05, 0) is 67.5 Å². The first-order valence-electron chi connectivity index (χ1n) is 10.7. The molecule has 6 nitrogen and oxygen atoms in total. The fourth-order valence-electron chi connectivity index (χ4n) is 3.86. The molecule has 0 unspecified atom stereocenters. The van der Waals surface area contributed by atoms with E-state index in [1.807, 2.05) is 36.4 Å². The van der Waals surface area contributed by atoms with E-state index in [4.69, 9.17) is 4.74 Å². The number of carbonyl (C=O) groups is 3. The largest absolute Gasteiger partial charge is 0.490 e. The van der Waals surface area contributed by atoms with Gasteiger partial charge >= 0.3 is 0 Å². The number of nitrogens with one attached hydrogen (secondary N) is 1. The number of thioether (sulfide) groups is 1. The molecule has 0 aromatic heterocycles. The standard InChI is InChI=1S/C24H26N2O4S/c27-22(13-10-17-4-3-7-21(14-17)30-20-5-1-2-6-20)25-19-11-8-18(9-12-19)15-26-23(28)16-31-24(26)29/h3-4,7-9,11-12,14,20H,1-2,5-6,10,13,15-16H2,(H,25,27). The van der Waals surface area contributed by atoms with Gasteiger partial charge in [0.15, 0.2) is 0 Å². The van der Waals surface area contributed by atoms with Gasteiger partial charge in [0, 0.05) is 12.1 Å². The van der Waals surface area contributed by atoms with E-state index in [2.05, 4.69) is 5.32 Å². The molecule has 2 aliphatic rings. The topological polar surface area (TPSA) is 75.7 Å². The summed E-state index contributed by atoms with van der Waals surface area (Å²) in [4.78, 5) is 37.0. The van der Waals surface area contributed by atoms with Crippen molar-refractivity contribution in [3.8, 4) is 5.75 Å². The Labute approximate surface area is 186 Å². The van der Waals surface area contributed by atoms with Crippen molar-refractivity contribution in [3.05, 3.63) is 59.7 Å². The van der Waals surface area contributed by atoms with Gasteiger partial charge in [0.25, 0.3) is 5.24 Å². The Bertz CT molecular complexity index is 938. The Morgan fingerprint density at radius 2 is 1.84 bits per heavy atom. The first-order chi connectivity index (χ1) is 15.1. The third-order valence-corrected chi connectivity index (χ3v) is 6.42. The molecule has 0 atom stereocenters. The highest BCUT2D eigenvalue weighted by Gasteiger charge is 2.29. The normalized spacial score (nSPS) is 16.7. The summed E-state index contributed by atoms with van der Waals surface area (Å²) in [5.41, 5.74) is 2.63. The highest BCUT2D eigenvalue weighted by Crippen LogP contribution is 2.25. The summed E-state index contributed by atoms with van der Waals surface area (Å²) >= 11 is 1.03. The number of amides is 3. The lowest BCUT2D eigenvalue weighted by atomic mass is 10.1. The van der Waals surface area contributed by atoms with Gasteiger partial charge in [0.1, 0.15) is 5.75 Å². The van der Waals surface area contributed by atoms with Crippen molar-refractivity contribution in [1.82, 2.24) is 4.90 Å². The van der Waals surface area contributed by atoms with Gasteiger partial charge < -0.3 is 10.1 Å². The molecule has 31 heavy (non-hydrogen) atoms. The summed E-state index contributed by atoms with van der Waals surface area (Å²) in [5, 5.41) is 2.69. The molecule has 2 aromatic carbocycles. The van der Waals surface area contributed by atoms with Crippen molar-refractivity contribution in [1.29, 1.82) is 0 Å². The van der Waals surface area contributed by atoms with E-state index in [0.717, 1.165) is 41.5 Å². The molecule has 1 aliphatic heterocycles. The molecule has 1 saturated heterocycles. The van der Waals surface area contributed by atoms with Gasteiger partial charge in [-0.25, -0.2) is 0 Å². The molecule has 2 aromatic rings. The minimum atomic E-state index is -0.208. The molecule has 1 N–H and O–H groups in total. The molecule has 7 heteroatoms. The molecule has 162 valence electrons. The Hall–Kier alpha value is -2.80. The van der Waals surface area contributed by atoms with Gasteiger partial charge in [-0.3, -0.25) is 19.3 Å². The van der Waals surface area contributed by atoms with Crippen LogP contribution in [0.3, 0.4) is 0 Å². The quantitative estimate of drug-likeness (QED) is 0.642. The average Bonchev–Trinajstić information content (AvgIpc) is 3.39. The second-order valence-electron chi connectivity index (χ2n) is 7.95. The maximum absolute atomic E-state index is 12.4. The Morgan fingerprint density at radius 3 is 2.55 bits per heavy atom. The summed E-state index contributed by atoms with van der Waals surface area (Å²) in [6.07, 6.45) is 6.05. The van der Waals surface area contributed by atoms with Crippen LogP contribution in [0.5, 0.6) is 5.75 Å². The molecule has 1 heterocycles. The number of imide groups is 1. The van der Waals surface area contributed by atoms with Crippen LogP contribution in [0.25, 0.3) is 0 Å². The molecular weight excluding hydrogens is 412 g/mol. The second kappa shape index (κ2) is 10.0. The third-order valence-electron chi connectivity index (χ3n) is 5.56. The maximum Gasteiger partial charge on any atom is 0.289 e. The summed E-state index contributed by atoms with van der Waals surface area (Å²) in [5.74, 6) is 0.873. The number of benzene rings is 2. The number of hydrogen-bond donors (Lipinski definition) is 1. The van der Waals surface area contributed by atoms with E-state index in [1.54, 1.807) is 12.1 Å². The van der Waals surface area contributed by atoms with E-state index >= 15 is 0 Å². The van der Waals surface area contributed by atoms with E-state index in [9.17, 15) is 14.4 Å². The van der Waals surface area contributed by atoms with Gasteiger partial charge in [0.05, 0.1) is 18.4 Å². The zero-order valence-corrected chi connectivity index (χ0v) is 18.2. The predicted molar refractivity (Wildman–Crippen MR) is 121 cm³/mol. The van der Waals surface area contributed by atoms with Gasteiger partial charge in [-0.2, -0.15) is 0 Å². The fraction of sp³-hybridized carbons (Fsp3) is 0.375. The lowest BCUT2D eigenvalue weighted by molar-refractivity contribution is -0.125. The molecule has 3 amide bonds. The first-order valence-corrected chi connectivity index (χ1v) is 11.7. The van der Waals surface area contributed by atoms with Gasteiger partial charge in [-0.1, -0.05) is 36.0 Å². The Balaban J connectivity index is 1.25. The van der Waals surface area contributed by atoms with Crippen molar-refractivity contribution in [2.24, 2.45) is 0 Å². The van der Waals surface area contributed by atoms with Crippen LogP contribution in [0.15, 0.2) is 48.5 Å². The van der Waals surface area contributed by atoms with Crippen molar-refractivity contribution in [3.63, 3.8) is 0 Å². The van der Waals surface area contributed by atoms with Crippen molar-refractivity contribution >= 4 is 34.5 Å². The van der Waals surface area contributed by atoms with Gasteiger partial charge in [0.2, 0.25) is 11.8 Å². The van der Waals surface area contributed by atoms with Crippen molar-refractivity contribution < 1.29 is 19.1 Å². The van der Waals surface area contributed by atoms with Crippen LogP contribution in [0.2, 0.25) is 0 Å². The molecule has 1 saturated carbocycles. The Kier molecular flexibility index (Phi) is 6.92. The SMILES string of the molecule is O=C(CCc1cccc(OC2CCCC2)c1)Nc1ccc(CN2C(=O)CSC2=O)cc1. The van der Waals surface area contributed by atoms with E-state index in [0.29, 0.717) is 24.6 Å². The minimum Gasteiger partial charge on any atom is -0.490 e. The fourth-order valence-corrected chi connectivity index (χ4v) is 4.59. The summed E-state index contributed by atoms with van der Waals surface area (Å²) in [7, 11) is 0. The summed E-state index contributed by atoms with van der Waals surface area (Å²) in [6.45, 7) is 0.262. The smallest absolute Gasteiger partial charge is 0.289 e. The van der Waals surface area contributed by atoms with Crippen LogP contribution in [0.4, 0.5) is 10.5 Å². The number of carbonyl (C=O) groups excluding carboxylic acids is 3. The molecule has 2 fully saturated rings. The molecule has 4 rings (SSSR count). The molecule has 0 spiro atoms. The molecular formula is C24H26N2O4S. The van der Waals surface area contributed by atoms with Crippen molar-refractivity contribution in [2.45, 2.75) is 51.2 Å². The zero-order chi connectivity index (χ0) is 21.6. The van der Waals surface area contributed by atoms with Crippen LogP contribution >= 0.6 is 11.8 Å². The summed E-state index contributed by atoms with van der Waals surface area (Å²) in [6, 6.07) is 15.2. The zero-order valence-electron chi connectivity index (χ0n) is 17.3. The van der Waals surface area contributed by atoms with Crippen LogP contribution < -0.4 is 10.1 Å². The van der Waals surface area contributed by atoms with Crippen molar-refractivity contribution in [2.75, 3.05) is 11.1 Å². The molecule has 0 radical (unpaired) electrons. The lowest BCUT2D eigenvalue weighted by Gasteiger charge is -2.14. The van der Waals surface area contributed by atoms with E-state index in [-0.39, 0.29) is 29.4 Å². The van der Waals surface area contributed by atoms with Crippen LogP contribution in [0, 0.1) is 0 Å². The number of rotatable bonds is 8. The third kappa shape index (κ3) is 5.88. The second-order valence-corrected chi connectivity index (χ2v) is 8.88. The monoisotopic (exact) mass is 438 g/mol. The molecule has 0 bridgehead atoms. The number of aryl methyl sites for hydroxylation is 1. The van der Waals surface area contributed by atoms with Crippen LogP contribution in [-0.2, 0) is 22.6 Å². The number of nitrogens with zero attached hydrogens (tertiary/aromatic N) is 1. The number of hydrogen-bond acceptors (Lipinski definition) is 5. The average molecular weight is 439 g/mol. The number of ether oxygens (including phenoxy) is 1. The van der Waals surface area contributed by atoms with E-state index < -0.39 is 0 Å².